The number of sulfonamides is 1. The van der Waals surface area contributed by atoms with E-state index in [-0.39, 0.29) is 10.5 Å². The lowest BCUT2D eigenvalue weighted by Crippen LogP contribution is -2.28. The van der Waals surface area contributed by atoms with Crippen LogP contribution in [0, 0.1) is 0 Å². The van der Waals surface area contributed by atoms with E-state index in [2.05, 4.69) is 15.5 Å². The number of benzene rings is 1. The molecular weight excluding hydrogens is 364 g/mol. The number of aromatic nitrogens is 2. The fourth-order valence-corrected chi connectivity index (χ4v) is 4.80. The van der Waals surface area contributed by atoms with Gasteiger partial charge in [-0.05, 0) is 31.0 Å². The summed E-state index contributed by atoms with van der Waals surface area (Å²) < 4.78 is 31.6. The normalized spacial score (nSPS) is 15.4. The molecule has 0 bridgehead atoms. The number of nitrogens with one attached hydrogen (secondary N) is 1. The number of nitrogens with zero attached hydrogens (tertiary/aromatic N) is 3. The molecule has 8 nitrogen and oxygen atoms in total. The van der Waals surface area contributed by atoms with Gasteiger partial charge in [-0.15, -0.1) is 10.2 Å². The molecule has 1 amide bonds. The van der Waals surface area contributed by atoms with Gasteiger partial charge in [0, 0.05) is 25.8 Å². The number of methoxy groups -OCH3 is 1. The van der Waals surface area contributed by atoms with E-state index >= 15 is 0 Å². The van der Waals surface area contributed by atoms with Gasteiger partial charge in [-0.3, -0.25) is 10.1 Å². The van der Waals surface area contributed by atoms with E-state index in [1.54, 1.807) is 19.2 Å². The lowest BCUT2D eigenvalue weighted by atomic mass is 10.2. The van der Waals surface area contributed by atoms with Crippen LogP contribution in [0.4, 0.5) is 5.13 Å². The molecule has 3 rings (SSSR count). The zero-order chi connectivity index (χ0) is 17.9. The predicted octanol–water partition coefficient (Wildman–Crippen LogP) is 1.72. The van der Waals surface area contributed by atoms with Crippen molar-refractivity contribution in [3.05, 3.63) is 34.8 Å². The highest BCUT2D eigenvalue weighted by Gasteiger charge is 2.27. The molecular formula is C15H18N4O4S2. The van der Waals surface area contributed by atoms with Gasteiger partial charge in [0.1, 0.15) is 11.6 Å². The van der Waals surface area contributed by atoms with Crippen molar-refractivity contribution in [3.8, 4) is 0 Å². The molecule has 25 heavy (non-hydrogen) atoms. The molecule has 2 aromatic rings. The third-order valence-corrected chi connectivity index (χ3v) is 6.46. The van der Waals surface area contributed by atoms with Crippen LogP contribution in [0.25, 0.3) is 0 Å². The Labute approximate surface area is 149 Å². The van der Waals surface area contributed by atoms with E-state index in [1.807, 2.05) is 0 Å². The summed E-state index contributed by atoms with van der Waals surface area (Å²) in [6.07, 6.45) is 1.72. The maximum Gasteiger partial charge on any atom is 0.257 e. The molecule has 0 spiro atoms. The third-order valence-electron chi connectivity index (χ3n) is 3.75. The van der Waals surface area contributed by atoms with Crippen LogP contribution in [0.2, 0.25) is 0 Å². The molecule has 1 aromatic heterocycles. The van der Waals surface area contributed by atoms with Crippen molar-refractivity contribution in [1.29, 1.82) is 0 Å². The van der Waals surface area contributed by atoms with Crippen molar-refractivity contribution in [2.45, 2.75) is 24.3 Å². The Balaban J connectivity index is 1.77. The standard InChI is InChI=1S/C15H18N4O4S2/c1-23-10-13-17-18-15(24-13)16-14(20)11-5-4-6-12(9-11)25(21,22)19-7-2-3-8-19/h4-6,9H,2-3,7-8,10H2,1H3,(H,16,18,20). The SMILES string of the molecule is COCc1nnc(NC(=O)c2cccc(S(=O)(=O)N3CCCC3)c2)s1. The molecule has 1 fully saturated rings. The van der Waals surface area contributed by atoms with Crippen molar-refractivity contribution in [2.75, 3.05) is 25.5 Å². The number of hydrogen-bond donors (Lipinski definition) is 1. The fourth-order valence-electron chi connectivity index (χ4n) is 2.53. The second kappa shape index (κ2) is 7.56. The van der Waals surface area contributed by atoms with Gasteiger partial charge in [0.05, 0.1) is 4.90 Å². The molecule has 0 aliphatic carbocycles. The van der Waals surface area contributed by atoms with Gasteiger partial charge in [0.25, 0.3) is 5.91 Å². The number of rotatable bonds is 6. The van der Waals surface area contributed by atoms with Gasteiger partial charge >= 0.3 is 0 Å². The second-order valence-electron chi connectivity index (χ2n) is 5.53. The molecule has 0 unspecified atom stereocenters. The molecule has 1 N–H and O–H groups in total. The van der Waals surface area contributed by atoms with Gasteiger partial charge in [0.2, 0.25) is 15.2 Å². The van der Waals surface area contributed by atoms with Gasteiger partial charge in [-0.25, -0.2) is 8.42 Å². The molecule has 0 saturated carbocycles. The number of anilines is 1. The Kier molecular flexibility index (Phi) is 5.42. The maximum atomic E-state index is 12.6. The number of ether oxygens (including phenoxy) is 1. The average molecular weight is 382 g/mol. The molecule has 1 aliphatic heterocycles. The number of carbonyl (C=O) groups is 1. The predicted molar refractivity (Wildman–Crippen MR) is 93.0 cm³/mol. The monoisotopic (exact) mass is 382 g/mol. The minimum atomic E-state index is -3.56. The topological polar surface area (TPSA) is 101 Å². The lowest BCUT2D eigenvalue weighted by Gasteiger charge is -2.15. The van der Waals surface area contributed by atoms with Crippen LogP contribution in [0.5, 0.6) is 0 Å². The summed E-state index contributed by atoms with van der Waals surface area (Å²) in [6.45, 7) is 1.36. The highest BCUT2D eigenvalue weighted by molar-refractivity contribution is 7.89. The van der Waals surface area contributed by atoms with Crippen LogP contribution in [0.3, 0.4) is 0 Å². The Morgan fingerprint density at radius 2 is 2.08 bits per heavy atom. The Bertz CT molecular complexity index is 860. The van der Waals surface area contributed by atoms with Crippen molar-refractivity contribution >= 4 is 32.4 Å². The summed E-state index contributed by atoms with van der Waals surface area (Å²) in [5, 5.41) is 11.4. The fraction of sp³-hybridized carbons (Fsp3) is 0.400. The van der Waals surface area contributed by atoms with Crippen LogP contribution >= 0.6 is 11.3 Å². The number of amides is 1. The molecule has 0 atom stereocenters. The molecule has 1 saturated heterocycles. The Hall–Kier alpha value is -1.88. The van der Waals surface area contributed by atoms with E-state index in [0.29, 0.717) is 29.8 Å². The quantitative estimate of drug-likeness (QED) is 0.816. The van der Waals surface area contributed by atoms with E-state index in [1.165, 1.54) is 27.8 Å². The molecule has 10 heteroatoms. The molecule has 1 aliphatic rings. The number of carbonyl (C=O) groups excluding carboxylic acids is 1. The van der Waals surface area contributed by atoms with E-state index in [9.17, 15) is 13.2 Å². The molecule has 134 valence electrons. The zero-order valence-electron chi connectivity index (χ0n) is 13.6. The largest absolute Gasteiger partial charge is 0.377 e. The van der Waals surface area contributed by atoms with Crippen LogP contribution in [0.1, 0.15) is 28.2 Å². The van der Waals surface area contributed by atoms with Crippen molar-refractivity contribution < 1.29 is 17.9 Å². The zero-order valence-corrected chi connectivity index (χ0v) is 15.3. The van der Waals surface area contributed by atoms with Crippen molar-refractivity contribution in [1.82, 2.24) is 14.5 Å². The van der Waals surface area contributed by atoms with Crippen molar-refractivity contribution in [2.24, 2.45) is 0 Å². The van der Waals surface area contributed by atoms with Crippen molar-refractivity contribution in [3.63, 3.8) is 0 Å². The van der Waals surface area contributed by atoms with Crippen LogP contribution in [-0.4, -0.2) is 49.0 Å². The first-order valence-corrected chi connectivity index (χ1v) is 9.99. The average Bonchev–Trinajstić information content (AvgIpc) is 3.28. The van der Waals surface area contributed by atoms with Gasteiger partial charge in [0.15, 0.2) is 0 Å². The Morgan fingerprint density at radius 3 is 2.80 bits per heavy atom. The van der Waals surface area contributed by atoms with Crippen LogP contribution in [0.15, 0.2) is 29.2 Å². The van der Waals surface area contributed by atoms with E-state index < -0.39 is 15.9 Å². The first kappa shape index (κ1) is 17.9. The van der Waals surface area contributed by atoms with Crippen LogP contribution < -0.4 is 5.32 Å². The third kappa shape index (κ3) is 4.03. The number of hydrogen-bond acceptors (Lipinski definition) is 7. The van der Waals surface area contributed by atoms with E-state index in [4.69, 9.17) is 4.74 Å². The summed E-state index contributed by atoms with van der Waals surface area (Å²) in [7, 11) is -2.01. The summed E-state index contributed by atoms with van der Waals surface area (Å²) >= 11 is 1.20. The van der Waals surface area contributed by atoms with Crippen LogP contribution in [-0.2, 0) is 21.4 Å². The highest BCUT2D eigenvalue weighted by atomic mass is 32.2. The summed E-state index contributed by atoms with van der Waals surface area (Å²) in [5.74, 6) is -0.432. The first-order chi connectivity index (χ1) is 12.0. The Morgan fingerprint density at radius 1 is 1.32 bits per heavy atom. The molecule has 0 radical (unpaired) electrons. The maximum absolute atomic E-state index is 12.6. The second-order valence-corrected chi connectivity index (χ2v) is 8.53. The van der Waals surface area contributed by atoms with Gasteiger partial charge in [-0.1, -0.05) is 17.4 Å². The van der Waals surface area contributed by atoms with E-state index in [0.717, 1.165) is 12.8 Å². The highest BCUT2D eigenvalue weighted by Crippen LogP contribution is 2.22. The smallest absolute Gasteiger partial charge is 0.257 e. The molecule has 1 aromatic carbocycles. The van der Waals surface area contributed by atoms with Gasteiger partial charge in [-0.2, -0.15) is 4.31 Å². The molecule has 2 heterocycles. The minimum absolute atomic E-state index is 0.124. The van der Waals surface area contributed by atoms with Gasteiger partial charge < -0.3 is 4.74 Å². The summed E-state index contributed by atoms with van der Waals surface area (Å²) in [6, 6.07) is 6.02. The summed E-state index contributed by atoms with van der Waals surface area (Å²) in [4.78, 5) is 12.5. The lowest BCUT2D eigenvalue weighted by molar-refractivity contribution is 0.102. The summed E-state index contributed by atoms with van der Waals surface area (Å²) in [5.41, 5.74) is 0.253. The minimum Gasteiger partial charge on any atom is -0.377 e. The first-order valence-electron chi connectivity index (χ1n) is 7.73.